The Labute approximate surface area is 77.3 Å². The van der Waals surface area contributed by atoms with Gasteiger partial charge in [0.05, 0.1) is 12.7 Å². The minimum Gasteiger partial charge on any atom is -0.394 e. The number of halogens is 5. The molecule has 0 aromatic rings. The fraction of sp³-hybridized carbons (Fsp3) is 1.00. The van der Waals surface area contributed by atoms with Crippen LogP contribution in [0.15, 0.2) is 0 Å². The van der Waals surface area contributed by atoms with E-state index in [1.807, 2.05) is 0 Å². The number of hydrogen-bond donors (Lipinski definition) is 2. The van der Waals surface area contributed by atoms with Gasteiger partial charge < -0.3 is 10.2 Å². The van der Waals surface area contributed by atoms with Gasteiger partial charge in [0.15, 0.2) is 0 Å². The van der Waals surface area contributed by atoms with Gasteiger partial charge in [0.2, 0.25) is 0 Å². The third-order valence-corrected chi connectivity index (χ3v) is 1.51. The fourth-order valence-corrected chi connectivity index (χ4v) is 0.851. The van der Waals surface area contributed by atoms with Crippen molar-refractivity contribution >= 4 is 0 Å². The van der Waals surface area contributed by atoms with E-state index in [9.17, 15) is 22.0 Å². The van der Waals surface area contributed by atoms with Crippen molar-refractivity contribution in [2.24, 2.45) is 0 Å². The highest BCUT2D eigenvalue weighted by atomic mass is 19.4. The molecule has 0 fully saturated rings. The van der Waals surface area contributed by atoms with Crippen molar-refractivity contribution in [3.8, 4) is 0 Å². The first kappa shape index (κ1) is 13.6. The van der Waals surface area contributed by atoms with Crippen molar-refractivity contribution in [1.29, 1.82) is 0 Å². The molecule has 1 unspecified atom stereocenters. The summed E-state index contributed by atoms with van der Waals surface area (Å²) in [5.74, 6) is -3.88. The van der Waals surface area contributed by atoms with E-state index >= 15 is 0 Å². The molecule has 0 aliphatic rings. The normalized spacial score (nSPS) is 15.6. The Morgan fingerprint density at radius 2 is 1.57 bits per heavy atom. The predicted molar refractivity (Wildman–Crippen MR) is 37.9 cm³/mol. The van der Waals surface area contributed by atoms with Gasteiger partial charge in [-0.1, -0.05) is 0 Å². The van der Waals surface area contributed by atoms with Crippen LogP contribution in [0.1, 0.15) is 19.3 Å². The molecule has 0 heterocycles. The van der Waals surface area contributed by atoms with Crippen LogP contribution in [0, 0.1) is 0 Å². The maximum absolute atomic E-state index is 12.5. The number of aliphatic hydroxyl groups is 2. The van der Waals surface area contributed by atoms with E-state index < -0.39 is 44.1 Å². The first-order chi connectivity index (χ1) is 6.16. The van der Waals surface area contributed by atoms with E-state index in [0.29, 0.717) is 0 Å². The van der Waals surface area contributed by atoms with Crippen molar-refractivity contribution < 1.29 is 32.2 Å². The number of alkyl halides is 5. The quantitative estimate of drug-likeness (QED) is 0.695. The van der Waals surface area contributed by atoms with Gasteiger partial charge in [0, 0.05) is 6.42 Å². The Morgan fingerprint density at radius 3 is 1.93 bits per heavy atom. The lowest BCUT2D eigenvalue weighted by Crippen LogP contribution is -2.27. The molecule has 1 atom stereocenters. The smallest absolute Gasteiger partial charge is 0.394 e. The molecule has 0 saturated carbocycles. The largest absolute Gasteiger partial charge is 0.394 e. The van der Waals surface area contributed by atoms with Gasteiger partial charge in [0.1, 0.15) is 6.42 Å². The van der Waals surface area contributed by atoms with Gasteiger partial charge in [-0.2, -0.15) is 13.2 Å². The van der Waals surface area contributed by atoms with Crippen LogP contribution in [0.25, 0.3) is 0 Å². The standard InChI is InChI=1S/C7H11F5O2/c8-6(9,4-7(10,11)12)2-1-5(14)3-13/h5,13-14H,1-4H2. The first-order valence-corrected chi connectivity index (χ1v) is 3.90. The molecule has 2 N–H and O–H groups in total. The summed E-state index contributed by atoms with van der Waals surface area (Å²) in [6.07, 6.45) is -10.2. The predicted octanol–water partition coefficient (Wildman–Crippen LogP) is 1.71. The first-order valence-electron chi connectivity index (χ1n) is 3.90. The molecule has 7 heteroatoms. The van der Waals surface area contributed by atoms with Crippen molar-refractivity contribution in [1.82, 2.24) is 0 Å². The molecular weight excluding hydrogens is 211 g/mol. The molecule has 0 rings (SSSR count). The summed E-state index contributed by atoms with van der Waals surface area (Å²) in [6.45, 7) is -0.734. The van der Waals surface area contributed by atoms with Gasteiger partial charge in [-0.15, -0.1) is 0 Å². The molecule has 0 aliphatic carbocycles. The minimum atomic E-state index is -4.92. The van der Waals surface area contributed by atoms with Gasteiger partial charge in [-0.05, 0) is 6.42 Å². The molecule has 0 aliphatic heterocycles. The Balaban J connectivity index is 3.95. The maximum atomic E-state index is 12.5. The molecule has 86 valence electrons. The second-order valence-corrected chi connectivity index (χ2v) is 3.02. The van der Waals surface area contributed by atoms with E-state index in [1.165, 1.54) is 0 Å². The highest BCUT2D eigenvalue weighted by Gasteiger charge is 2.43. The monoisotopic (exact) mass is 222 g/mol. The van der Waals surface area contributed by atoms with Crippen molar-refractivity contribution in [2.75, 3.05) is 6.61 Å². The average molecular weight is 222 g/mol. The van der Waals surface area contributed by atoms with Crippen LogP contribution < -0.4 is 0 Å². The molecule has 2 nitrogen and oxygen atoms in total. The molecule has 0 spiro atoms. The molecule has 0 radical (unpaired) electrons. The van der Waals surface area contributed by atoms with Crippen LogP contribution in [0.4, 0.5) is 22.0 Å². The van der Waals surface area contributed by atoms with Gasteiger partial charge in [0.25, 0.3) is 5.92 Å². The zero-order valence-corrected chi connectivity index (χ0v) is 7.19. The van der Waals surface area contributed by atoms with Crippen LogP contribution in [-0.2, 0) is 0 Å². The lowest BCUT2D eigenvalue weighted by Gasteiger charge is -2.18. The highest BCUT2D eigenvalue weighted by Crippen LogP contribution is 2.34. The zero-order chi connectivity index (χ0) is 11.4. The summed E-state index contributed by atoms with van der Waals surface area (Å²) in [7, 11) is 0. The van der Waals surface area contributed by atoms with Crippen molar-refractivity contribution in [2.45, 2.75) is 37.5 Å². The van der Waals surface area contributed by atoms with E-state index in [-0.39, 0.29) is 0 Å². The summed E-state index contributed by atoms with van der Waals surface area (Å²) >= 11 is 0. The third kappa shape index (κ3) is 7.02. The Morgan fingerprint density at radius 1 is 1.07 bits per heavy atom. The summed E-state index contributed by atoms with van der Waals surface area (Å²) in [4.78, 5) is 0. The van der Waals surface area contributed by atoms with Gasteiger partial charge in [-0.25, -0.2) is 8.78 Å². The van der Waals surface area contributed by atoms with Crippen LogP contribution in [0.3, 0.4) is 0 Å². The molecule has 0 amide bonds. The average Bonchev–Trinajstić information content (AvgIpc) is 1.96. The second kappa shape index (κ2) is 4.88. The SMILES string of the molecule is OCC(O)CCC(F)(F)CC(F)(F)F. The second-order valence-electron chi connectivity index (χ2n) is 3.02. The lowest BCUT2D eigenvalue weighted by atomic mass is 10.1. The summed E-state index contributed by atoms with van der Waals surface area (Å²) in [6, 6.07) is 0. The minimum absolute atomic E-state index is 0.556. The molecule has 0 saturated heterocycles. The highest BCUT2D eigenvalue weighted by molar-refractivity contribution is 4.72. The van der Waals surface area contributed by atoms with E-state index in [0.717, 1.165) is 0 Å². The maximum Gasteiger partial charge on any atom is 0.394 e. The Hall–Kier alpha value is -0.430. The van der Waals surface area contributed by atoms with Crippen LogP contribution in [0.2, 0.25) is 0 Å². The molecule has 0 bridgehead atoms. The molecule has 0 aromatic heterocycles. The van der Waals surface area contributed by atoms with Crippen molar-refractivity contribution in [3.63, 3.8) is 0 Å². The third-order valence-electron chi connectivity index (χ3n) is 1.51. The fourth-order valence-electron chi connectivity index (χ4n) is 0.851. The zero-order valence-electron chi connectivity index (χ0n) is 7.19. The van der Waals surface area contributed by atoms with Gasteiger partial charge in [-0.3, -0.25) is 0 Å². The molecule has 0 aromatic carbocycles. The Kier molecular flexibility index (Phi) is 4.73. The van der Waals surface area contributed by atoms with E-state index in [2.05, 4.69) is 0 Å². The summed E-state index contributed by atoms with van der Waals surface area (Å²) in [5, 5.41) is 16.9. The molecular formula is C7H11F5O2. The topological polar surface area (TPSA) is 40.5 Å². The number of rotatable bonds is 5. The van der Waals surface area contributed by atoms with Crippen LogP contribution >= 0.6 is 0 Å². The van der Waals surface area contributed by atoms with Crippen LogP contribution in [0.5, 0.6) is 0 Å². The molecule has 14 heavy (non-hydrogen) atoms. The van der Waals surface area contributed by atoms with E-state index in [4.69, 9.17) is 10.2 Å². The van der Waals surface area contributed by atoms with Crippen LogP contribution in [-0.4, -0.2) is 35.0 Å². The summed E-state index contributed by atoms with van der Waals surface area (Å²) < 4.78 is 59.7. The van der Waals surface area contributed by atoms with Crippen molar-refractivity contribution in [3.05, 3.63) is 0 Å². The Bertz CT molecular complexity index is 168. The number of hydrogen-bond acceptors (Lipinski definition) is 2. The summed E-state index contributed by atoms with van der Waals surface area (Å²) in [5.41, 5.74) is 0. The van der Waals surface area contributed by atoms with E-state index in [1.54, 1.807) is 0 Å². The van der Waals surface area contributed by atoms with Gasteiger partial charge >= 0.3 is 6.18 Å². The lowest BCUT2D eigenvalue weighted by molar-refractivity contribution is -0.190. The number of aliphatic hydroxyl groups excluding tert-OH is 2.